The van der Waals surface area contributed by atoms with Gasteiger partial charge in [-0.15, -0.1) is 11.8 Å². The molecule has 2 fully saturated rings. The Kier molecular flexibility index (Phi) is 6.49. The van der Waals surface area contributed by atoms with Gasteiger partial charge in [0.1, 0.15) is 5.75 Å². The van der Waals surface area contributed by atoms with Crippen LogP contribution in [-0.4, -0.2) is 43.2 Å². The number of benzene rings is 2. The van der Waals surface area contributed by atoms with Gasteiger partial charge in [-0.05, 0) is 66.8 Å². The van der Waals surface area contributed by atoms with Crippen molar-refractivity contribution in [2.75, 3.05) is 31.8 Å². The van der Waals surface area contributed by atoms with E-state index in [1.807, 2.05) is 23.3 Å². The fourth-order valence-corrected chi connectivity index (χ4v) is 5.14. The number of halogens is 1. The normalized spacial score (nSPS) is 19.2. The fourth-order valence-electron chi connectivity index (χ4n) is 4.48. The number of likely N-dealkylation sites (tertiary alicyclic amines) is 1. The van der Waals surface area contributed by atoms with Gasteiger partial charge in [-0.2, -0.15) is 0 Å². The summed E-state index contributed by atoms with van der Waals surface area (Å²) in [6.45, 7) is 1.44. The van der Waals surface area contributed by atoms with E-state index in [4.69, 9.17) is 16.3 Å². The molecule has 2 aliphatic rings. The molecule has 1 aliphatic heterocycles. The molecule has 2 amide bonds. The minimum Gasteiger partial charge on any atom is -0.495 e. The summed E-state index contributed by atoms with van der Waals surface area (Å²) in [7, 11) is 1.56. The van der Waals surface area contributed by atoms with Gasteiger partial charge in [0.15, 0.2) is 0 Å². The number of nitrogens with zero attached hydrogens (tertiary/aromatic N) is 1. The van der Waals surface area contributed by atoms with E-state index in [2.05, 4.69) is 17.4 Å². The maximum absolute atomic E-state index is 12.8. The zero-order chi connectivity index (χ0) is 22.0. The first kappa shape index (κ1) is 22.0. The summed E-state index contributed by atoms with van der Waals surface area (Å²) in [4.78, 5) is 28.6. The lowest BCUT2D eigenvalue weighted by Gasteiger charge is -2.33. The predicted molar refractivity (Wildman–Crippen MR) is 125 cm³/mol. The Morgan fingerprint density at radius 1 is 1.19 bits per heavy atom. The molecule has 1 aliphatic carbocycles. The lowest BCUT2D eigenvalue weighted by Crippen LogP contribution is -2.41. The van der Waals surface area contributed by atoms with Crippen LogP contribution in [0.4, 0.5) is 5.69 Å². The number of ether oxygens (including phenoxy) is 1. The molecule has 2 aromatic rings. The van der Waals surface area contributed by atoms with Crippen LogP contribution >= 0.6 is 23.4 Å². The smallest absolute Gasteiger partial charge is 0.228 e. The van der Waals surface area contributed by atoms with Crippen LogP contribution in [0.15, 0.2) is 47.4 Å². The summed E-state index contributed by atoms with van der Waals surface area (Å²) in [5.74, 6) is 0.792. The Morgan fingerprint density at radius 3 is 2.52 bits per heavy atom. The molecule has 31 heavy (non-hydrogen) atoms. The number of carbonyl (C=O) groups excluding carboxylic acids is 2. The van der Waals surface area contributed by atoms with Gasteiger partial charge >= 0.3 is 0 Å². The van der Waals surface area contributed by atoms with E-state index < -0.39 is 0 Å². The first-order valence-corrected chi connectivity index (χ1v) is 12.1. The van der Waals surface area contributed by atoms with E-state index in [-0.39, 0.29) is 23.1 Å². The number of thioether (sulfide) groups is 1. The van der Waals surface area contributed by atoms with Crippen LogP contribution in [0, 0.1) is 11.3 Å². The lowest BCUT2D eigenvalue weighted by molar-refractivity contribution is -0.132. The molecule has 2 aromatic carbocycles. The summed E-state index contributed by atoms with van der Waals surface area (Å²) in [6.07, 6.45) is 5.13. The molecule has 7 heteroatoms. The van der Waals surface area contributed by atoms with Gasteiger partial charge < -0.3 is 15.0 Å². The molecule has 164 valence electrons. The van der Waals surface area contributed by atoms with Gasteiger partial charge in [-0.25, -0.2) is 0 Å². The van der Waals surface area contributed by atoms with Gasteiger partial charge in [0, 0.05) is 29.6 Å². The second-order valence-electron chi connectivity index (χ2n) is 8.36. The van der Waals surface area contributed by atoms with Gasteiger partial charge in [-0.3, -0.25) is 9.59 Å². The molecule has 0 unspecified atom stereocenters. The quantitative estimate of drug-likeness (QED) is 0.627. The van der Waals surface area contributed by atoms with Crippen molar-refractivity contribution in [1.29, 1.82) is 0 Å². The summed E-state index contributed by atoms with van der Waals surface area (Å²) >= 11 is 7.85. The molecule has 1 saturated carbocycles. The van der Waals surface area contributed by atoms with Crippen LogP contribution < -0.4 is 10.1 Å². The number of hydrogen-bond donors (Lipinski definition) is 1. The molecular weight excluding hydrogens is 432 g/mol. The summed E-state index contributed by atoms with van der Waals surface area (Å²) in [5.41, 5.74) is 1.76. The Bertz CT molecular complexity index is 971. The molecule has 4 rings (SSSR count). The van der Waals surface area contributed by atoms with Crippen LogP contribution in [0.25, 0.3) is 0 Å². The monoisotopic (exact) mass is 458 g/mol. The molecule has 0 bridgehead atoms. The van der Waals surface area contributed by atoms with Crippen molar-refractivity contribution in [2.45, 2.75) is 30.6 Å². The van der Waals surface area contributed by atoms with Crippen molar-refractivity contribution in [3.63, 3.8) is 0 Å². The van der Waals surface area contributed by atoms with Gasteiger partial charge in [-0.1, -0.05) is 23.7 Å². The molecule has 0 radical (unpaired) electrons. The SMILES string of the molecule is COc1ccc(NC(=O)[C@H]2CC23CCN(C(=O)Cc2ccc(SC)cc2)CC3)cc1Cl. The second-order valence-corrected chi connectivity index (χ2v) is 9.65. The van der Waals surface area contributed by atoms with E-state index in [0.717, 1.165) is 37.9 Å². The van der Waals surface area contributed by atoms with Gasteiger partial charge in [0.2, 0.25) is 11.8 Å². The minimum absolute atomic E-state index is 0.00437. The second kappa shape index (κ2) is 9.13. The number of methoxy groups -OCH3 is 1. The maximum Gasteiger partial charge on any atom is 0.228 e. The highest BCUT2D eigenvalue weighted by atomic mass is 35.5. The number of hydrogen-bond acceptors (Lipinski definition) is 4. The third-order valence-electron chi connectivity index (χ3n) is 6.55. The average Bonchev–Trinajstić information content (AvgIpc) is 3.48. The minimum atomic E-state index is 0.00437. The third-order valence-corrected chi connectivity index (χ3v) is 7.59. The maximum atomic E-state index is 12.8. The van der Waals surface area contributed by atoms with Crippen LogP contribution in [-0.2, 0) is 16.0 Å². The first-order chi connectivity index (χ1) is 14.9. The molecule has 1 spiro atoms. The first-order valence-electron chi connectivity index (χ1n) is 10.5. The van der Waals surface area contributed by atoms with E-state index in [9.17, 15) is 9.59 Å². The van der Waals surface area contributed by atoms with Crippen molar-refractivity contribution in [3.8, 4) is 5.75 Å². The van der Waals surface area contributed by atoms with E-state index in [1.165, 1.54) is 4.90 Å². The van der Waals surface area contributed by atoms with Crippen molar-refractivity contribution in [2.24, 2.45) is 11.3 Å². The van der Waals surface area contributed by atoms with Crippen molar-refractivity contribution >= 4 is 40.9 Å². The number of piperidine rings is 1. The van der Waals surface area contributed by atoms with Crippen molar-refractivity contribution < 1.29 is 14.3 Å². The average molecular weight is 459 g/mol. The number of nitrogens with one attached hydrogen (secondary N) is 1. The highest BCUT2D eigenvalue weighted by Gasteiger charge is 2.58. The Morgan fingerprint density at radius 2 is 1.90 bits per heavy atom. The number of anilines is 1. The number of amides is 2. The van der Waals surface area contributed by atoms with E-state index in [1.54, 1.807) is 37.1 Å². The van der Waals surface area contributed by atoms with E-state index in [0.29, 0.717) is 22.9 Å². The Labute approximate surface area is 192 Å². The summed E-state index contributed by atoms with van der Waals surface area (Å²) < 4.78 is 5.15. The third kappa shape index (κ3) is 4.85. The van der Waals surface area contributed by atoms with Crippen LogP contribution in [0.3, 0.4) is 0 Å². The molecule has 1 N–H and O–H groups in total. The standard InChI is InChI=1S/C24H27ClN2O3S/c1-30-21-8-5-17(14-20(21)25)26-23(29)19-15-24(19)9-11-27(12-10-24)22(28)13-16-3-6-18(31-2)7-4-16/h3-8,14,19H,9-13,15H2,1-2H3,(H,26,29)/t19-/m1/s1. The zero-order valence-corrected chi connectivity index (χ0v) is 19.4. The molecular formula is C24H27ClN2O3S. The van der Waals surface area contributed by atoms with Crippen LogP contribution in [0.2, 0.25) is 5.02 Å². The molecule has 1 saturated heterocycles. The predicted octanol–water partition coefficient (Wildman–Crippen LogP) is 4.88. The van der Waals surface area contributed by atoms with Gasteiger partial charge in [0.05, 0.1) is 18.6 Å². The fraction of sp³-hybridized carbons (Fsp3) is 0.417. The van der Waals surface area contributed by atoms with Crippen molar-refractivity contribution in [1.82, 2.24) is 4.90 Å². The van der Waals surface area contributed by atoms with Crippen molar-refractivity contribution in [3.05, 3.63) is 53.1 Å². The Hall–Kier alpha value is -2.18. The molecule has 1 atom stereocenters. The van der Waals surface area contributed by atoms with Crippen LogP contribution in [0.5, 0.6) is 5.75 Å². The zero-order valence-electron chi connectivity index (χ0n) is 17.8. The van der Waals surface area contributed by atoms with Gasteiger partial charge in [0.25, 0.3) is 0 Å². The largest absolute Gasteiger partial charge is 0.495 e. The van der Waals surface area contributed by atoms with Crippen LogP contribution in [0.1, 0.15) is 24.8 Å². The molecule has 1 heterocycles. The number of rotatable bonds is 6. The highest BCUT2D eigenvalue weighted by Crippen LogP contribution is 2.59. The molecule has 5 nitrogen and oxygen atoms in total. The van der Waals surface area contributed by atoms with E-state index >= 15 is 0 Å². The Balaban J connectivity index is 1.28. The summed E-state index contributed by atoms with van der Waals surface area (Å²) in [6, 6.07) is 13.4. The highest BCUT2D eigenvalue weighted by molar-refractivity contribution is 7.98. The number of carbonyl (C=O) groups is 2. The molecule has 0 aromatic heterocycles. The topological polar surface area (TPSA) is 58.6 Å². The summed E-state index contributed by atoms with van der Waals surface area (Å²) in [5, 5.41) is 3.46. The lowest BCUT2D eigenvalue weighted by atomic mass is 9.90.